The molecule has 0 fully saturated rings. The highest BCUT2D eigenvalue weighted by molar-refractivity contribution is 4.95. The van der Waals surface area contributed by atoms with Crippen LogP contribution in [0.5, 0.6) is 0 Å². The minimum absolute atomic E-state index is 1.04. The molecule has 0 aromatic carbocycles. The highest BCUT2D eigenvalue weighted by Crippen LogP contribution is 1.95. The van der Waals surface area contributed by atoms with Gasteiger partial charge >= 0.3 is 0 Å². The van der Waals surface area contributed by atoms with Crippen LogP contribution in [0.1, 0.15) is 32.6 Å². The van der Waals surface area contributed by atoms with Crippen molar-refractivity contribution in [3.8, 4) is 12.0 Å². The van der Waals surface area contributed by atoms with Crippen LogP contribution in [-0.4, -0.2) is 7.05 Å². The van der Waals surface area contributed by atoms with E-state index < -0.39 is 0 Å². The summed E-state index contributed by atoms with van der Waals surface area (Å²) in [4.78, 5) is 0. The fourth-order valence-electron chi connectivity index (χ4n) is 0.614. The van der Waals surface area contributed by atoms with Crippen molar-refractivity contribution in [3.05, 3.63) is 0 Å². The van der Waals surface area contributed by atoms with Gasteiger partial charge in [0.2, 0.25) is 0 Å². The molecule has 0 unspecified atom stereocenters. The van der Waals surface area contributed by atoms with Crippen molar-refractivity contribution in [2.75, 3.05) is 7.05 Å². The number of nitrogens with one attached hydrogen (secondary N) is 1. The predicted octanol–water partition coefficient (Wildman–Crippen LogP) is 1.75. The first kappa shape index (κ1) is 8.36. The minimum Gasteiger partial charge on any atom is -0.349 e. The van der Waals surface area contributed by atoms with Gasteiger partial charge in [0, 0.05) is 19.5 Å². The van der Waals surface area contributed by atoms with Crippen molar-refractivity contribution >= 4 is 0 Å². The molecule has 1 nitrogen and oxygen atoms in total. The Morgan fingerprint density at radius 1 is 1.33 bits per heavy atom. The van der Waals surface area contributed by atoms with E-state index >= 15 is 0 Å². The van der Waals surface area contributed by atoms with E-state index in [2.05, 4.69) is 24.2 Å². The zero-order valence-electron chi connectivity index (χ0n) is 6.33. The molecule has 52 valence electrons. The highest BCUT2D eigenvalue weighted by atomic mass is 14.8. The molecule has 0 heterocycles. The molecule has 0 spiro atoms. The molecule has 0 aliphatic rings. The van der Waals surface area contributed by atoms with Crippen LogP contribution in [0.25, 0.3) is 0 Å². The van der Waals surface area contributed by atoms with Gasteiger partial charge < -0.3 is 5.32 Å². The summed E-state index contributed by atoms with van der Waals surface area (Å²) in [6.07, 6.45) is 4.86. The van der Waals surface area contributed by atoms with Crippen molar-refractivity contribution in [1.82, 2.24) is 5.32 Å². The maximum atomic E-state index is 3.01. The van der Waals surface area contributed by atoms with Gasteiger partial charge in [-0.05, 0) is 6.42 Å². The molecular weight excluding hydrogens is 110 g/mol. The lowest BCUT2D eigenvalue weighted by molar-refractivity contribution is 0.737. The molecule has 0 radical (unpaired) electrons. The van der Waals surface area contributed by atoms with Crippen LogP contribution in [-0.2, 0) is 0 Å². The van der Waals surface area contributed by atoms with Crippen LogP contribution in [0.15, 0.2) is 0 Å². The molecule has 0 saturated carbocycles. The van der Waals surface area contributed by atoms with Crippen molar-refractivity contribution in [1.29, 1.82) is 0 Å². The number of hydrogen-bond acceptors (Lipinski definition) is 1. The van der Waals surface area contributed by atoms with E-state index in [0.29, 0.717) is 0 Å². The summed E-state index contributed by atoms with van der Waals surface area (Å²) in [7, 11) is 1.84. The smallest absolute Gasteiger partial charge is 0.0116 e. The van der Waals surface area contributed by atoms with E-state index in [1.54, 1.807) is 0 Å². The lowest BCUT2D eigenvalue weighted by atomic mass is 10.2. The monoisotopic (exact) mass is 125 g/mol. The molecular formula is C8H15N. The predicted molar refractivity (Wildman–Crippen MR) is 41.0 cm³/mol. The summed E-state index contributed by atoms with van der Waals surface area (Å²) in [6, 6.07) is 2.81. The van der Waals surface area contributed by atoms with Crippen LogP contribution >= 0.6 is 0 Å². The Kier molecular flexibility index (Phi) is 6.84. The normalized spacial score (nSPS) is 7.78. The van der Waals surface area contributed by atoms with Crippen molar-refractivity contribution in [2.45, 2.75) is 32.6 Å². The van der Waals surface area contributed by atoms with Gasteiger partial charge in [-0.15, -0.1) is 0 Å². The second-order valence-electron chi connectivity index (χ2n) is 2.01. The molecule has 0 aromatic heterocycles. The van der Waals surface area contributed by atoms with Gasteiger partial charge in [-0.25, -0.2) is 0 Å². The van der Waals surface area contributed by atoms with E-state index in [1.165, 1.54) is 19.3 Å². The third-order valence-electron chi connectivity index (χ3n) is 1.12. The molecule has 0 bridgehead atoms. The molecule has 0 aromatic rings. The van der Waals surface area contributed by atoms with E-state index in [-0.39, 0.29) is 0 Å². The largest absolute Gasteiger partial charge is 0.349 e. The summed E-state index contributed by atoms with van der Waals surface area (Å²) in [5.74, 6) is 3.01. The van der Waals surface area contributed by atoms with Crippen molar-refractivity contribution in [3.63, 3.8) is 0 Å². The summed E-state index contributed by atoms with van der Waals surface area (Å²) >= 11 is 0. The zero-order chi connectivity index (χ0) is 6.95. The maximum Gasteiger partial charge on any atom is 0.0116 e. The van der Waals surface area contributed by atoms with E-state index in [0.717, 1.165) is 6.42 Å². The Morgan fingerprint density at radius 3 is 2.67 bits per heavy atom. The molecule has 0 aliphatic carbocycles. The Hall–Kier alpha value is -0.640. The second kappa shape index (κ2) is 7.36. The second-order valence-corrected chi connectivity index (χ2v) is 2.01. The highest BCUT2D eigenvalue weighted by Gasteiger charge is 1.79. The van der Waals surface area contributed by atoms with Crippen LogP contribution in [0.2, 0.25) is 0 Å². The topological polar surface area (TPSA) is 12.0 Å². The van der Waals surface area contributed by atoms with E-state index in [1.807, 2.05) is 7.05 Å². The first-order chi connectivity index (χ1) is 4.41. The third kappa shape index (κ3) is 7.36. The van der Waals surface area contributed by atoms with Crippen LogP contribution < -0.4 is 5.32 Å². The molecule has 0 aliphatic heterocycles. The standard InChI is InChI=1S/C8H15N/c1-3-4-5-6-7-8-9-2/h9H,3-6H2,1-2H3. The summed E-state index contributed by atoms with van der Waals surface area (Å²) in [6.45, 7) is 2.20. The minimum atomic E-state index is 1.04. The molecule has 1 heteroatoms. The van der Waals surface area contributed by atoms with E-state index in [9.17, 15) is 0 Å². The molecule has 9 heavy (non-hydrogen) atoms. The van der Waals surface area contributed by atoms with Gasteiger partial charge in [-0.3, -0.25) is 0 Å². The van der Waals surface area contributed by atoms with Crippen LogP contribution in [0.3, 0.4) is 0 Å². The lowest BCUT2D eigenvalue weighted by Crippen LogP contribution is -1.91. The average Bonchev–Trinajstić information content (AvgIpc) is 1.89. The Bertz CT molecular complexity index is 96.9. The van der Waals surface area contributed by atoms with Gasteiger partial charge in [-0.2, -0.15) is 0 Å². The number of unbranched alkanes of at least 4 members (excludes halogenated alkanes) is 3. The molecule has 0 saturated heterocycles. The summed E-state index contributed by atoms with van der Waals surface area (Å²) < 4.78 is 0. The molecule has 0 rings (SSSR count). The molecule has 0 atom stereocenters. The Morgan fingerprint density at radius 2 is 2.11 bits per heavy atom. The van der Waals surface area contributed by atoms with E-state index in [4.69, 9.17) is 0 Å². The fourth-order valence-corrected chi connectivity index (χ4v) is 0.614. The van der Waals surface area contributed by atoms with Crippen LogP contribution in [0, 0.1) is 12.0 Å². The summed E-state index contributed by atoms with van der Waals surface area (Å²) in [5, 5.41) is 2.78. The van der Waals surface area contributed by atoms with Gasteiger partial charge in [0.15, 0.2) is 0 Å². The zero-order valence-corrected chi connectivity index (χ0v) is 6.33. The van der Waals surface area contributed by atoms with Gasteiger partial charge in [0.25, 0.3) is 0 Å². The van der Waals surface area contributed by atoms with Crippen molar-refractivity contribution < 1.29 is 0 Å². The fraction of sp³-hybridized carbons (Fsp3) is 0.750. The molecule has 0 amide bonds. The Balaban J connectivity index is 2.90. The molecule has 1 N–H and O–H groups in total. The van der Waals surface area contributed by atoms with Gasteiger partial charge in [0.05, 0.1) is 0 Å². The first-order valence-corrected chi connectivity index (χ1v) is 3.56. The summed E-state index contributed by atoms with van der Waals surface area (Å²) in [5.41, 5.74) is 0. The average molecular weight is 125 g/mol. The van der Waals surface area contributed by atoms with Gasteiger partial charge in [-0.1, -0.05) is 25.7 Å². The third-order valence-corrected chi connectivity index (χ3v) is 1.12. The lowest BCUT2D eigenvalue weighted by Gasteiger charge is -1.87. The maximum absolute atomic E-state index is 3.01. The SMILES string of the molecule is CCCCCC#CNC. The van der Waals surface area contributed by atoms with Gasteiger partial charge in [0.1, 0.15) is 0 Å². The quantitative estimate of drug-likeness (QED) is 0.344. The first-order valence-electron chi connectivity index (χ1n) is 3.56. The number of hydrogen-bond donors (Lipinski definition) is 1. The van der Waals surface area contributed by atoms with Crippen LogP contribution in [0.4, 0.5) is 0 Å². The number of rotatable bonds is 3. The Labute approximate surface area is 57.8 Å². The van der Waals surface area contributed by atoms with Crippen molar-refractivity contribution in [2.24, 2.45) is 0 Å².